The summed E-state index contributed by atoms with van der Waals surface area (Å²) in [6, 6.07) is -0.561. The molecule has 100 valence electrons. The van der Waals surface area contributed by atoms with Gasteiger partial charge >= 0.3 is 6.03 Å². The number of carbonyl (C=O) groups is 3. The number of hydrogen-bond acceptors (Lipinski definition) is 3. The van der Waals surface area contributed by atoms with Crippen LogP contribution in [0, 0.1) is 5.41 Å². The number of carbonyl (C=O) groups excluding carboxylic acids is 3. The van der Waals surface area contributed by atoms with Gasteiger partial charge in [0, 0.05) is 5.54 Å². The van der Waals surface area contributed by atoms with E-state index < -0.39 is 22.9 Å². The van der Waals surface area contributed by atoms with Crippen LogP contribution in [0.25, 0.3) is 0 Å². The Morgan fingerprint density at radius 2 is 1.78 bits per heavy atom. The van der Waals surface area contributed by atoms with Crippen LogP contribution in [0.5, 0.6) is 0 Å². The van der Waals surface area contributed by atoms with Gasteiger partial charge in [-0.15, -0.1) is 0 Å². The molecule has 1 aliphatic carbocycles. The Morgan fingerprint density at radius 3 is 2.17 bits per heavy atom. The summed E-state index contributed by atoms with van der Waals surface area (Å²) in [6.45, 7) is 5.80. The molecule has 2 fully saturated rings. The third kappa shape index (κ3) is 1.49. The Morgan fingerprint density at radius 1 is 1.22 bits per heavy atom. The van der Waals surface area contributed by atoms with E-state index in [0.717, 1.165) is 6.42 Å². The molecule has 4 amide bonds. The van der Waals surface area contributed by atoms with Crippen LogP contribution in [0.15, 0.2) is 0 Å². The van der Waals surface area contributed by atoms with Crippen molar-refractivity contribution in [3.05, 3.63) is 0 Å². The molecule has 1 saturated carbocycles. The van der Waals surface area contributed by atoms with Gasteiger partial charge in [-0.3, -0.25) is 19.8 Å². The molecule has 0 radical (unpaired) electrons. The van der Waals surface area contributed by atoms with Crippen LogP contribution in [0.4, 0.5) is 4.79 Å². The SMILES string of the molecule is CCC(C)(CC)N1C(=O)NC(=O)C2(CCC2)C1=O. The first-order valence-corrected chi connectivity index (χ1v) is 6.61. The Balaban J connectivity index is 2.38. The lowest BCUT2D eigenvalue weighted by Crippen LogP contribution is -2.70. The first-order chi connectivity index (χ1) is 8.41. The summed E-state index contributed by atoms with van der Waals surface area (Å²) >= 11 is 0. The van der Waals surface area contributed by atoms with Crippen molar-refractivity contribution in [2.75, 3.05) is 0 Å². The molecular formula is C13H20N2O3. The van der Waals surface area contributed by atoms with Gasteiger partial charge in [-0.05, 0) is 32.6 Å². The third-order valence-electron chi connectivity index (χ3n) is 4.74. The van der Waals surface area contributed by atoms with E-state index >= 15 is 0 Å². The van der Waals surface area contributed by atoms with Crippen LogP contribution in [0.2, 0.25) is 0 Å². The maximum atomic E-state index is 12.6. The van der Waals surface area contributed by atoms with Crippen LogP contribution >= 0.6 is 0 Å². The van der Waals surface area contributed by atoms with Gasteiger partial charge in [0.25, 0.3) is 0 Å². The summed E-state index contributed by atoms with van der Waals surface area (Å²) < 4.78 is 0. The second-order valence-electron chi connectivity index (χ2n) is 5.54. The Hall–Kier alpha value is -1.39. The van der Waals surface area contributed by atoms with Crippen molar-refractivity contribution in [1.29, 1.82) is 0 Å². The van der Waals surface area contributed by atoms with Gasteiger partial charge in [0.2, 0.25) is 11.8 Å². The van der Waals surface area contributed by atoms with E-state index in [-0.39, 0.29) is 5.91 Å². The molecule has 1 saturated heterocycles. The minimum absolute atomic E-state index is 0.297. The Labute approximate surface area is 107 Å². The molecular weight excluding hydrogens is 232 g/mol. The van der Waals surface area contributed by atoms with Gasteiger partial charge in [-0.2, -0.15) is 0 Å². The molecule has 1 heterocycles. The number of amides is 4. The van der Waals surface area contributed by atoms with Crippen LogP contribution < -0.4 is 5.32 Å². The van der Waals surface area contributed by atoms with E-state index in [1.165, 1.54) is 4.90 Å². The Kier molecular flexibility index (Phi) is 2.95. The highest BCUT2D eigenvalue weighted by Gasteiger charge is 2.59. The fourth-order valence-electron chi connectivity index (χ4n) is 2.70. The zero-order valence-corrected chi connectivity index (χ0v) is 11.2. The molecule has 0 bridgehead atoms. The van der Waals surface area contributed by atoms with Crippen molar-refractivity contribution in [2.45, 2.75) is 58.4 Å². The second kappa shape index (κ2) is 4.07. The first-order valence-electron chi connectivity index (χ1n) is 6.61. The maximum absolute atomic E-state index is 12.6. The average molecular weight is 252 g/mol. The lowest BCUT2D eigenvalue weighted by atomic mass is 9.65. The van der Waals surface area contributed by atoms with Crippen molar-refractivity contribution >= 4 is 17.8 Å². The summed E-state index contributed by atoms with van der Waals surface area (Å²) in [5.74, 6) is -0.705. The molecule has 5 heteroatoms. The van der Waals surface area contributed by atoms with Crippen LogP contribution in [-0.4, -0.2) is 28.3 Å². The molecule has 18 heavy (non-hydrogen) atoms. The molecule has 0 unspecified atom stereocenters. The molecule has 0 aromatic carbocycles. The first kappa shape index (κ1) is 13.1. The van der Waals surface area contributed by atoms with Gasteiger partial charge in [-0.1, -0.05) is 20.3 Å². The van der Waals surface area contributed by atoms with Crippen molar-refractivity contribution in [2.24, 2.45) is 5.41 Å². The minimum atomic E-state index is -0.959. The summed E-state index contributed by atoms with van der Waals surface area (Å²) in [5.41, 5.74) is -1.47. The van der Waals surface area contributed by atoms with Crippen molar-refractivity contribution in [3.63, 3.8) is 0 Å². The number of barbiturate groups is 1. The van der Waals surface area contributed by atoms with Gasteiger partial charge in [-0.25, -0.2) is 4.79 Å². The molecule has 1 N–H and O–H groups in total. The highest BCUT2D eigenvalue weighted by atomic mass is 16.2. The van der Waals surface area contributed by atoms with Crippen molar-refractivity contribution in [3.8, 4) is 0 Å². The van der Waals surface area contributed by atoms with E-state index in [1.54, 1.807) is 0 Å². The second-order valence-corrected chi connectivity index (χ2v) is 5.54. The predicted octanol–water partition coefficient (Wildman–Crippen LogP) is 1.81. The highest BCUT2D eigenvalue weighted by Crippen LogP contribution is 2.46. The minimum Gasteiger partial charge on any atom is -0.277 e. The number of nitrogens with one attached hydrogen (secondary N) is 1. The van der Waals surface area contributed by atoms with Gasteiger partial charge in [0.15, 0.2) is 0 Å². The van der Waals surface area contributed by atoms with E-state index in [9.17, 15) is 14.4 Å². The maximum Gasteiger partial charge on any atom is 0.331 e. The number of hydrogen-bond donors (Lipinski definition) is 1. The fourth-order valence-corrected chi connectivity index (χ4v) is 2.70. The molecule has 1 aliphatic heterocycles. The zero-order chi connectivity index (χ0) is 13.6. The number of nitrogens with zero attached hydrogens (tertiary/aromatic N) is 1. The molecule has 0 atom stereocenters. The molecule has 1 spiro atoms. The summed E-state index contributed by atoms with van der Waals surface area (Å²) in [7, 11) is 0. The number of urea groups is 1. The van der Waals surface area contributed by atoms with Gasteiger partial charge in [0.05, 0.1) is 0 Å². The third-order valence-corrected chi connectivity index (χ3v) is 4.74. The van der Waals surface area contributed by atoms with Gasteiger partial charge in [0.1, 0.15) is 5.41 Å². The smallest absolute Gasteiger partial charge is 0.277 e. The van der Waals surface area contributed by atoms with E-state index in [4.69, 9.17) is 0 Å². The zero-order valence-electron chi connectivity index (χ0n) is 11.2. The predicted molar refractivity (Wildman–Crippen MR) is 65.7 cm³/mol. The summed E-state index contributed by atoms with van der Waals surface area (Å²) in [4.78, 5) is 37.7. The molecule has 5 nitrogen and oxygen atoms in total. The number of rotatable bonds is 3. The van der Waals surface area contributed by atoms with Crippen molar-refractivity contribution in [1.82, 2.24) is 10.2 Å². The molecule has 2 rings (SSSR count). The largest absolute Gasteiger partial charge is 0.331 e. The van der Waals surface area contributed by atoms with Crippen molar-refractivity contribution < 1.29 is 14.4 Å². The average Bonchev–Trinajstić information content (AvgIpc) is 2.26. The number of imide groups is 2. The standard InChI is InChI=1S/C13H20N2O3/c1-4-12(3,5-2)15-10(17)13(7-6-8-13)9(16)14-11(15)18/h4-8H2,1-3H3,(H,14,16,18). The molecule has 2 aliphatic rings. The summed E-state index contributed by atoms with van der Waals surface area (Å²) in [6.07, 6.45) is 3.37. The van der Waals surface area contributed by atoms with E-state index in [1.807, 2.05) is 20.8 Å². The topological polar surface area (TPSA) is 66.5 Å². The van der Waals surface area contributed by atoms with Gasteiger partial charge < -0.3 is 0 Å². The van der Waals surface area contributed by atoms with Crippen LogP contribution in [-0.2, 0) is 9.59 Å². The monoisotopic (exact) mass is 252 g/mol. The van der Waals surface area contributed by atoms with E-state index in [2.05, 4.69) is 5.32 Å². The normalized spacial score (nSPS) is 23.1. The highest BCUT2D eigenvalue weighted by molar-refractivity contribution is 6.20. The lowest BCUT2D eigenvalue weighted by molar-refractivity contribution is -0.161. The Bertz CT molecular complexity index is 408. The van der Waals surface area contributed by atoms with Crippen LogP contribution in [0.3, 0.4) is 0 Å². The lowest BCUT2D eigenvalue weighted by Gasteiger charge is -2.50. The van der Waals surface area contributed by atoms with Crippen LogP contribution in [0.1, 0.15) is 52.9 Å². The molecule has 0 aromatic heterocycles. The quantitative estimate of drug-likeness (QED) is 0.779. The summed E-state index contributed by atoms with van der Waals surface area (Å²) in [5, 5.41) is 2.35. The molecule has 0 aromatic rings. The fraction of sp³-hybridized carbons (Fsp3) is 0.769. The van der Waals surface area contributed by atoms with E-state index in [0.29, 0.717) is 25.7 Å².